The highest BCUT2D eigenvalue weighted by Crippen LogP contribution is 2.25. The minimum atomic E-state index is -0.387. The van der Waals surface area contributed by atoms with Crippen LogP contribution in [0, 0.1) is 10.1 Å². The Morgan fingerprint density at radius 2 is 2.37 bits per heavy atom. The van der Waals surface area contributed by atoms with Crippen molar-refractivity contribution in [2.24, 2.45) is 0 Å². The highest BCUT2D eigenvalue weighted by molar-refractivity contribution is 5.43. The number of non-ortho nitro benzene ring substituents is 1. The molecule has 6 nitrogen and oxygen atoms in total. The molecule has 1 aromatic rings. The van der Waals surface area contributed by atoms with E-state index in [0.29, 0.717) is 12.3 Å². The molecule has 6 heteroatoms. The topological polar surface area (TPSA) is 76.4 Å². The van der Waals surface area contributed by atoms with E-state index < -0.39 is 0 Å². The molecular formula is C13H19N3O3. The molecule has 1 aliphatic heterocycles. The molecule has 0 aromatic heterocycles. The maximum absolute atomic E-state index is 10.8. The molecule has 0 amide bonds. The lowest BCUT2D eigenvalue weighted by atomic mass is 10.0. The van der Waals surface area contributed by atoms with E-state index in [0.717, 1.165) is 25.1 Å². The van der Waals surface area contributed by atoms with E-state index in [9.17, 15) is 10.1 Å². The molecule has 0 radical (unpaired) electrons. The van der Waals surface area contributed by atoms with E-state index in [2.05, 4.69) is 17.6 Å². The van der Waals surface area contributed by atoms with Gasteiger partial charge in [0.05, 0.1) is 12.0 Å². The van der Waals surface area contributed by atoms with Gasteiger partial charge in [-0.1, -0.05) is 0 Å². The first-order chi connectivity index (χ1) is 9.04. The first kappa shape index (κ1) is 13.8. The number of nitrogens with zero attached hydrogens (tertiary/aromatic N) is 1. The summed E-state index contributed by atoms with van der Waals surface area (Å²) in [6.45, 7) is 4.61. The fourth-order valence-electron chi connectivity index (χ4n) is 2.29. The van der Waals surface area contributed by atoms with Gasteiger partial charge < -0.3 is 15.4 Å². The number of nitro benzene ring substituents is 1. The lowest BCUT2D eigenvalue weighted by Crippen LogP contribution is -2.43. The maximum Gasteiger partial charge on any atom is 0.270 e. The van der Waals surface area contributed by atoms with Crippen LogP contribution < -0.4 is 15.4 Å². The summed E-state index contributed by atoms with van der Waals surface area (Å²) in [6.07, 6.45) is 1.05. The predicted octanol–water partition coefficient (Wildman–Crippen LogP) is 1.44. The van der Waals surface area contributed by atoms with Crippen LogP contribution >= 0.6 is 0 Å². The lowest BCUT2D eigenvalue weighted by Gasteiger charge is -2.25. The van der Waals surface area contributed by atoms with E-state index in [4.69, 9.17) is 4.74 Å². The maximum atomic E-state index is 10.8. The third-order valence-electron chi connectivity index (χ3n) is 3.55. The van der Waals surface area contributed by atoms with Crippen molar-refractivity contribution in [3.8, 4) is 5.75 Å². The smallest absolute Gasteiger partial charge is 0.270 e. The van der Waals surface area contributed by atoms with Crippen molar-refractivity contribution < 1.29 is 9.66 Å². The Balaban J connectivity index is 2.13. The number of rotatable bonds is 5. The molecule has 19 heavy (non-hydrogen) atoms. The molecule has 0 bridgehead atoms. The lowest BCUT2D eigenvalue weighted by molar-refractivity contribution is -0.384. The summed E-state index contributed by atoms with van der Waals surface area (Å²) in [5.74, 6) is 0.674. The summed E-state index contributed by atoms with van der Waals surface area (Å²) < 4.78 is 5.25. The monoisotopic (exact) mass is 265 g/mol. The molecule has 2 N–H and O–H groups in total. The van der Waals surface area contributed by atoms with E-state index in [1.807, 2.05) is 0 Å². The fraction of sp³-hybridized carbons (Fsp3) is 0.538. The molecule has 2 rings (SSSR count). The Morgan fingerprint density at radius 3 is 2.95 bits per heavy atom. The molecule has 104 valence electrons. The Kier molecular flexibility index (Phi) is 4.01. The SMILES string of the molecule is COc1ccc([N+](=O)[O-])cc1CNC1(C)CCNC1. The average Bonchev–Trinajstić information content (AvgIpc) is 2.83. The van der Waals surface area contributed by atoms with Gasteiger partial charge in [0.25, 0.3) is 5.69 Å². The molecule has 1 fully saturated rings. The van der Waals surface area contributed by atoms with Crippen molar-refractivity contribution in [3.63, 3.8) is 0 Å². The van der Waals surface area contributed by atoms with Gasteiger partial charge in [-0.25, -0.2) is 0 Å². The fourth-order valence-corrected chi connectivity index (χ4v) is 2.29. The Morgan fingerprint density at radius 1 is 1.58 bits per heavy atom. The van der Waals surface area contributed by atoms with Gasteiger partial charge >= 0.3 is 0 Å². The molecule has 0 saturated carbocycles. The second-order valence-corrected chi connectivity index (χ2v) is 5.09. The minimum Gasteiger partial charge on any atom is -0.496 e. The minimum absolute atomic E-state index is 0.0373. The zero-order valence-electron chi connectivity index (χ0n) is 11.2. The Hall–Kier alpha value is -1.66. The first-order valence-corrected chi connectivity index (χ1v) is 6.31. The second-order valence-electron chi connectivity index (χ2n) is 5.09. The third kappa shape index (κ3) is 3.21. The van der Waals surface area contributed by atoms with Crippen molar-refractivity contribution in [2.45, 2.75) is 25.4 Å². The van der Waals surface area contributed by atoms with E-state index in [1.54, 1.807) is 19.2 Å². The van der Waals surface area contributed by atoms with Gasteiger partial charge in [0.2, 0.25) is 0 Å². The van der Waals surface area contributed by atoms with Crippen LogP contribution in [-0.2, 0) is 6.54 Å². The van der Waals surface area contributed by atoms with Gasteiger partial charge in [-0.2, -0.15) is 0 Å². The average molecular weight is 265 g/mol. The summed E-state index contributed by atoms with van der Waals surface area (Å²) in [5.41, 5.74) is 0.937. The summed E-state index contributed by atoms with van der Waals surface area (Å²) in [7, 11) is 1.57. The zero-order valence-corrected chi connectivity index (χ0v) is 11.2. The molecule has 0 aliphatic carbocycles. The molecule has 1 atom stereocenters. The number of nitro groups is 1. The molecular weight excluding hydrogens is 246 g/mol. The van der Waals surface area contributed by atoms with Crippen molar-refractivity contribution in [1.82, 2.24) is 10.6 Å². The van der Waals surface area contributed by atoms with Gasteiger partial charge in [0.1, 0.15) is 5.75 Å². The van der Waals surface area contributed by atoms with Gasteiger partial charge in [-0.15, -0.1) is 0 Å². The van der Waals surface area contributed by atoms with E-state index >= 15 is 0 Å². The summed E-state index contributed by atoms with van der Waals surface area (Å²) >= 11 is 0. The van der Waals surface area contributed by atoms with Crippen molar-refractivity contribution >= 4 is 5.69 Å². The standard InChI is InChI=1S/C13H19N3O3/c1-13(5-6-14-9-13)15-8-10-7-11(16(17)18)3-4-12(10)19-2/h3-4,7,14-15H,5-6,8-9H2,1-2H3. The Bertz CT molecular complexity index is 470. The molecule has 1 heterocycles. The highest BCUT2D eigenvalue weighted by Gasteiger charge is 2.28. The second kappa shape index (κ2) is 5.54. The predicted molar refractivity (Wildman–Crippen MR) is 72.4 cm³/mol. The van der Waals surface area contributed by atoms with Crippen LogP contribution in [0.3, 0.4) is 0 Å². The highest BCUT2D eigenvalue weighted by atomic mass is 16.6. The van der Waals surface area contributed by atoms with Crippen molar-refractivity contribution in [1.29, 1.82) is 0 Å². The number of ether oxygens (including phenoxy) is 1. The summed E-state index contributed by atoms with van der Waals surface area (Å²) in [5, 5.41) is 17.6. The largest absolute Gasteiger partial charge is 0.496 e. The Labute approximate surface area is 112 Å². The molecule has 1 saturated heterocycles. The van der Waals surface area contributed by atoms with Crippen LogP contribution in [0.15, 0.2) is 18.2 Å². The first-order valence-electron chi connectivity index (χ1n) is 6.31. The quantitative estimate of drug-likeness (QED) is 0.622. The molecule has 0 spiro atoms. The van der Waals surface area contributed by atoms with Crippen molar-refractivity contribution in [3.05, 3.63) is 33.9 Å². The summed E-state index contributed by atoms with van der Waals surface area (Å²) in [6, 6.07) is 4.67. The van der Waals surface area contributed by atoms with Crippen LogP contribution in [0.1, 0.15) is 18.9 Å². The number of hydrogen-bond acceptors (Lipinski definition) is 5. The van der Waals surface area contributed by atoms with Crippen LogP contribution in [0.25, 0.3) is 0 Å². The number of benzene rings is 1. The molecule has 1 aromatic carbocycles. The summed E-state index contributed by atoms with van der Waals surface area (Å²) in [4.78, 5) is 10.4. The van der Waals surface area contributed by atoms with E-state index in [-0.39, 0.29) is 16.1 Å². The van der Waals surface area contributed by atoms with Gasteiger partial charge in [-0.3, -0.25) is 10.1 Å². The van der Waals surface area contributed by atoms with Gasteiger partial charge in [-0.05, 0) is 26.0 Å². The van der Waals surface area contributed by atoms with Gasteiger partial charge in [0.15, 0.2) is 0 Å². The third-order valence-corrected chi connectivity index (χ3v) is 3.55. The van der Waals surface area contributed by atoms with Gasteiger partial charge in [0, 0.05) is 36.3 Å². The normalized spacial score (nSPS) is 22.4. The van der Waals surface area contributed by atoms with Crippen LogP contribution in [-0.4, -0.2) is 30.7 Å². The number of nitrogens with one attached hydrogen (secondary N) is 2. The number of methoxy groups -OCH3 is 1. The van der Waals surface area contributed by atoms with E-state index in [1.165, 1.54) is 6.07 Å². The van der Waals surface area contributed by atoms with Crippen LogP contribution in [0.2, 0.25) is 0 Å². The number of hydrogen-bond donors (Lipinski definition) is 2. The molecule has 1 unspecified atom stereocenters. The van der Waals surface area contributed by atoms with Crippen molar-refractivity contribution in [2.75, 3.05) is 20.2 Å². The van der Waals surface area contributed by atoms with Crippen LogP contribution in [0.4, 0.5) is 5.69 Å². The van der Waals surface area contributed by atoms with Crippen LogP contribution in [0.5, 0.6) is 5.75 Å². The molecule has 1 aliphatic rings. The zero-order chi connectivity index (χ0) is 13.9.